The molecular weight excluding hydrogens is 398 g/mol. The lowest BCUT2D eigenvalue weighted by Crippen LogP contribution is -2.50. The molecule has 1 heterocycles. The van der Waals surface area contributed by atoms with Gasteiger partial charge in [-0.2, -0.15) is 4.58 Å². The van der Waals surface area contributed by atoms with E-state index in [1.54, 1.807) is 32.2 Å². The Labute approximate surface area is 181 Å². The minimum absolute atomic E-state index is 0.227. The quantitative estimate of drug-likeness (QED) is 0.320. The number of carboxylic acids is 1. The average molecular weight is 426 g/mol. The summed E-state index contributed by atoms with van der Waals surface area (Å²) in [6, 6.07) is 11.6. The molecule has 31 heavy (non-hydrogen) atoms. The van der Waals surface area contributed by atoms with Gasteiger partial charge in [-0.05, 0) is 44.4 Å². The van der Waals surface area contributed by atoms with Gasteiger partial charge >= 0.3 is 17.8 Å². The number of rotatable bonds is 11. The van der Waals surface area contributed by atoms with E-state index in [9.17, 15) is 19.5 Å². The molecule has 8 nitrogen and oxygen atoms in total. The van der Waals surface area contributed by atoms with Crippen molar-refractivity contribution in [3.63, 3.8) is 0 Å². The highest BCUT2D eigenvalue weighted by atomic mass is 16.5. The summed E-state index contributed by atoms with van der Waals surface area (Å²) in [6.45, 7) is 3.04. The SMILES string of the molecule is CCOC(=O)[C@H](CCc1ccccc1)N[C@@H](C)C(=O)[N+](=Cc1cccnc1)CC(=O)O. The summed E-state index contributed by atoms with van der Waals surface area (Å²) < 4.78 is 6.26. The molecule has 2 rings (SSSR count). The Hall–Kier alpha value is -3.39. The minimum Gasteiger partial charge on any atom is -0.477 e. The molecule has 0 aliphatic heterocycles. The molecule has 164 valence electrons. The summed E-state index contributed by atoms with van der Waals surface area (Å²) >= 11 is 0. The molecule has 2 atom stereocenters. The van der Waals surface area contributed by atoms with E-state index in [-0.39, 0.29) is 6.61 Å². The number of hydrogen-bond acceptors (Lipinski definition) is 6. The maximum absolute atomic E-state index is 13.0. The second kappa shape index (κ2) is 12.3. The van der Waals surface area contributed by atoms with E-state index >= 15 is 0 Å². The van der Waals surface area contributed by atoms with E-state index in [2.05, 4.69) is 10.3 Å². The number of carboxylic acid groups (broad SMARTS) is 1. The average Bonchev–Trinajstić information content (AvgIpc) is 2.76. The lowest BCUT2D eigenvalue weighted by molar-refractivity contribution is -0.437. The lowest BCUT2D eigenvalue weighted by Gasteiger charge is -2.20. The van der Waals surface area contributed by atoms with Crippen LogP contribution in [0.2, 0.25) is 0 Å². The first-order chi connectivity index (χ1) is 14.9. The summed E-state index contributed by atoms with van der Waals surface area (Å²) in [7, 11) is 0. The number of nitrogens with one attached hydrogen (secondary N) is 1. The number of hydrogen-bond donors (Lipinski definition) is 2. The van der Waals surface area contributed by atoms with Gasteiger partial charge in [0.25, 0.3) is 0 Å². The largest absolute Gasteiger partial charge is 0.477 e. The first-order valence-corrected chi connectivity index (χ1v) is 10.1. The number of ether oxygens (including phenoxy) is 1. The van der Waals surface area contributed by atoms with Crippen molar-refractivity contribution in [3.05, 3.63) is 66.0 Å². The zero-order chi connectivity index (χ0) is 22.6. The van der Waals surface area contributed by atoms with Gasteiger partial charge in [0, 0.05) is 12.4 Å². The second-order valence-corrected chi connectivity index (χ2v) is 6.99. The number of aryl methyl sites for hydroxylation is 1. The first-order valence-electron chi connectivity index (χ1n) is 10.1. The number of aromatic nitrogens is 1. The van der Waals surface area contributed by atoms with Crippen molar-refractivity contribution in [2.75, 3.05) is 13.2 Å². The van der Waals surface area contributed by atoms with Gasteiger partial charge in [-0.3, -0.25) is 15.1 Å². The van der Waals surface area contributed by atoms with Gasteiger partial charge in [0.15, 0.2) is 6.21 Å². The fourth-order valence-corrected chi connectivity index (χ4v) is 3.05. The van der Waals surface area contributed by atoms with Gasteiger partial charge in [-0.25, -0.2) is 9.59 Å². The molecule has 2 N–H and O–H groups in total. The van der Waals surface area contributed by atoms with Crippen molar-refractivity contribution in [1.82, 2.24) is 10.3 Å². The number of esters is 1. The molecule has 1 aromatic heterocycles. The molecule has 0 saturated carbocycles. The van der Waals surface area contributed by atoms with E-state index in [0.29, 0.717) is 18.4 Å². The Morgan fingerprint density at radius 2 is 1.94 bits per heavy atom. The Bertz CT molecular complexity index is 900. The highest BCUT2D eigenvalue weighted by molar-refractivity contribution is 5.86. The number of pyridine rings is 1. The monoisotopic (exact) mass is 426 g/mol. The molecule has 2 aromatic rings. The molecule has 0 bridgehead atoms. The van der Waals surface area contributed by atoms with Crippen LogP contribution in [0.25, 0.3) is 0 Å². The van der Waals surface area contributed by atoms with Crippen LogP contribution in [-0.2, 0) is 25.5 Å². The van der Waals surface area contributed by atoms with Gasteiger partial charge in [0.1, 0.15) is 12.1 Å². The third kappa shape index (κ3) is 8.10. The van der Waals surface area contributed by atoms with Crippen LogP contribution in [0.3, 0.4) is 0 Å². The molecule has 0 aliphatic rings. The fourth-order valence-electron chi connectivity index (χ4n) is 3.05. The Morgan fingerprint density at radius 3 is 2.55 bits per heavy atom. The molecule has 0 unspecified atom stereocenters. The maximum Gasteiger partial charge on any atom is 0.404 e. The van der Waals surface area contributed by atoms with Gasteiger partial charge in [-0.1, -0.05) is 30.3 Å². The molecule has 0 spiro atoms. The minimum atomic E-state index is -1.15. The van der Waals surface area contributed by atoms with Gasteiger partial charge in [0.05, 0.1) is 12.2 Å². The first kappa shape index (κ1) is 23.9. The van der Waals surface area contributed by atoms with Crippen LogP contribution in [0.15, 0.2) is 54.9 Å². The summed E-state index contributed by atoms with van der Waals surface area (Å²) in [5, 5.41) is 12.2. The molecule has 0 radical (unpaired) electrons. The zero-order valence-corrected chi connectivity index (χ0v) is 17.7. The Morgan fingerprint density at radius 1 is 1.19 bits per heavy atom. The number of benzene rings is 1. The molecule has 0 saturated heterocycles. The van der Waals surface area contributed by atoms with Crippen LogP contribution in [0, 0.1) is 0 Å². The van der Waals surface area contributed by atoms with Crippen LogP contribution in [0.1, 0.15) is 31.4 Å². The third-order valence-electron chi connectivity index (χ3n) is 4.54. The summed E-state index contributed by atoms with van der Waals surface area (Å²) in [5.74, 6) is -2.06. The second-order valence-electron chi connectivity index (χ2n) is 6.99. The van der Waals surface area contributed by atoms with Crippen molar-refractivity contribution in [1.29, 1.82) is 0 Å². The summed E-state index contributed by atoms with van der Waals surface area (Å²) in [5.41, 5.74) is 1.66. The van der Waals surface area contributed by atoms with Crippen LogP contribution < -0.4 is 5.32 Å². The number of nitrogens with zero attached hydrogens (tertiary/aromatic N) is 2. The van der Waals surface area contributed by atoms with Crippen LogP contribution in [0.4, 0.5) is 0 Å². The maximum atomic E-state index is 13.0. The number of carbonyl (C=O) groups excluding carboxylic acids is 2. The van der Waals surface area contributed by atoms with E-state index in [4.69, 9.17) is 4.74 Å². The molecule has 8 heteroatoms. The standard InChI is InChI=1S/C23H27N3O5/c1-3-31-23(30)20(12-11-18-8-5-4-6-9-18)25-17(2)22(29)26(16-21(27)28)15-19-10-7-13-24-14-19/h4-10,13-15,17,20,25H,3,11-12,16H2,1-2H3/p+1/t17-,20-/m0/s1. The summed E-state index contributed by atoms with van der Waals surface area (Å²) in [4.78, 5) is 40.7. The van der Waals surface area contributed by atoms with Gasteiger partial charge < -0.3 is 9.84 Å². The van der Waals surface area contributed by atoms with Crippen LogP contribution in [0.5, 0.6) is 0 Å². The van der Waals surface area contributed by atoms with E-state index < -0.39 is 36.5 Å². The van der Waals surface area contributed by atoms with E-state index in [1.807, 2.05) is 30.3 Å². The molecule has 0 fully saturated rings. The smallest absolute Gasteiger partial charge is 0.404 e. The van der Waals surface area contributed by atoms with E-state index in [1.165, 1.54) is 12.4 Å². The lowest BCUT2D eigenvalue weighted by atomic mass is 10.0. The van der Waals surface area contributed by atoms with Gasteiger partial charge in [-0.15, -0.1) is 0 Å². The topological polar surface area (TPSA) is 109 Å². The Balaban J connectivity index is 2.15. The normalized spacial score (nSPS) is 13.3. The van der Waals surface area contributed by atoms with E-state index in [0.717, 1.165) is 10.1 Å². The molecule has 1 amide bonds. The predicted octanol–water partition coefficient (Wildman–Crippen LogP) is 1.67. The highest BCUT2D eigenvalue weighted by Crippen LogP contribution is 2.08. The van der Waals surface area contributed by atoms with Crippen LogP contribution in [-0.4, -0.2) is 64.0 Å². The molecular formula is C23H28N3O5+. The number of amides is 1. The number of carbonyl (C=O) groups is 3. The van der Waals surface area contributed by atoms with Crippen molar-refractivity contribution in [3.8, 4) is 0 Å². The van der Waals surface area contributed by atoms with Crippen molar-refractivity contribution >= 4 is 24.1 Å². The van der Waals surface area contributed by atoms with Crippen molar-refractivity contribution in [2.24, 2.45) is 0 Å². The number of aliphatic carboxylic acids is 1. The van der Waals surface area contributed by atoms with Crippen molar-refractivity contribution < 1.29 is 28.8 Å². The highest BCUT2D eigenvalue weighted by Gasteiger charge is 2.31. The van der Waals surface area contributed by atoms with Crippen molar-refractivity contribution in [2.45, 2.75) is 38.8 Å². The third-order valence-corrected chi connectivity index (χ3v) is 4.54. The molecule has 0 aliphatic carbocycles. The fraction of sp³-hybridized carbons (Fsp3) is 0.348. The van der Waals surface area contributed by atoms with Crippen LogP contribution >= 0.6 is 0 Å². The van der Waals surface area contributed by atoms with Gasteiger partial charge in [0.2, 0.25) is 6.54 Å². The Kier molecular flexibility index (Phi) is 9.51. The zero-order valence-electron chi connectivity index (χ0n) is 17.7. The predicted molar refractivity (Wildman–Crippen MR) is 115 cm³/mol. The summed E-state index contributed by atoms with van der Waals surface area (Å²) in [6.07, 6.45) is 5.61. The molecule has 1 aromatic carbocycles.